The highest BCUT2D eigenvalue weighted by molar-refractivity contribution is 5.96. The van der Waals surface area contributed by atoms with E-state index in [0.717, 1.165) is 6.07 Å². The van der Waals surface area contributed by atoms with Crippen molar-refractivity contribution in [1.29, 1.82) is 0 Å². The van der Waals surface area contributed by atoms with Crippen molar-refractivity contribution in [3.63, 3.8) is 0 Å². The van der Waals surface area contributed by atoms with Gasteiger partial charge in [0.1, 0.15) is 12.4 Å². The number of hydrogen-bond donors (Lipinski definition) is 2. The highest BCUT2D eigenvalue weighted by atomic mass is 19.1. The minimum absolute atomic E-state index is 0.0670. The highest BCUT2D eigenvalue weighted by Gasteiger charge is 2.22. The van der Waals surface area contributed by atoms with Crippen molar-refractivity contribution < 1.29 is 23.5 Å². The smallest absolute Gasteiger partial charge is 0.326 e. The molecule has 0 aromatic heterocycles. The van der Waals surface area contributed by atoms with E-state index >= 15 is 0 Å². The van der Waals surface area contributed by atoms with E-state index in [4.69, 9.17) is 10.5 Å². The highest BCUT2D eigenvalue weighted by Crippen LogP contribution is 2.16. The van der Waals surface area contributed by atoms with Crippen molar-refractivity contribution in [2.75, 3.05) is 6.54 Å². The van der Waals surface area contributed by atoms with Gasteiger partial charge in [0.15, 0.2) is 0 Å². The molecule has 3 N–H and O–H groups in total. The van der Waals surface area contributed by atoms with Crippen molar-refractivity contribution in [2.24, 2.45) is 5.73 Å². The summed E-state index contributed by atoms with van der Waals surface area (Å²) in [6, 6.07) is 13.3. The number of carbonyl (C=O) groups excluding carboxylic acids is 3. The van der Waals surface area contributed by atoms with Gasteiger partial charge in [-0.3, -0.25) is 14.4 Å². The Hall–Kier alpha value is -3.22. The predicted octanol–water partition coefficient (Wildman–Crippen LogP) is 1.33. The zero-order chi connectivity index (χ0) is 17.5. The Morgan fingerprint density at radius 1 is 1.08 bits per heavy atom. The molecule has 7 heteroatoms. The fourth-order valence-corrected chi connectivity index (χ4v) is 1.98. The molecule has 2 rings (SSSR count). The van der Waals surface area contributed by atoms with E-state index in [1.54, 1.807) is 30.3 Å². The summed E-state index contributed by atoms with van der Waals surface area (Å²) in [5.74, 6) is -2.87. The second-order valence-corrected chi connectivity index (χ2v) is 4.88. The van der Waals surface area contributed by atoms with Crippen molar-refractivity contribution in [1.82, 2.24) is 5.32 Å². The van der Waals surface area contributed by atoms with Gasteiger partial charge >= 0.3 is 5.97 Å². The Balaban J connectivity index is 1.94. The van der Waals surface area contributed by atoms with E-state index in [1.807, 2.05) is 0 Å². The summed E-state index contributed by atoms with van der Waals surface area (Å²) in [6.45, 7) is -0.480. The molecule has 0 radical (unpaired) electrons. The quantitative estimate of drug-likeness (QED) is 0.781. The van der Waals surface area contributed by atoms with Crippen LogP contribution in [0.3, 0.4) is 0 Å². The van der Waals surface area contributed by atoms with E-state index in [-0.39, 0.29) is 5.56 Å². The minimum atomic E-state index is -1.25. The lowest BCUT2D eigenvalue weighted by atomic mass is 10.1. The maximum atomic E-state index is 13.1. The molecule has 1 unspecified atom stereocenters. The third kappa shape index (κ3) is 4.64. The monoisotopic (exact) mass is 330 g/mol. The molecule has 1 atom stereocenters. The molecule has 0 spiro atoms. The van der Waals surface area contributed by atoms with Crippen LogP contribution in [0.5, 0.6) is 0 Å². The zero-order valence-corrected chi connectivity index (χ0v) is 12.6. The van der Waals surface area contributed by atoms with E-state index < -0.39 is 36.2 Å². The molecule has 2 aromatic rings. The lowest BCUT2D eigenvalue weighted by Gasteiger charge is -2.15. The van der Waals surface area contributed by atoms with Gasteiger partial charge < -0.3 is 15.8 Å². The molecule has 24 heavy (non-hydrogen) atoms. The fourth-order valence-electron chi connectivity index (χ4n) is 1.98. The van der Waals surface area contributed by atoms with Gasteiger partial charge in [-0.2, -0.15) is 0 Å². The maximum absolute atomic E-state index is 13.1. The van der Waals surface area contributed by atoms with Crippen molar-refractivity contribution >= 4 is 17.8 Å². The van der Waals surface area contributed by atoms with Gasteiger partial charge in [-0.15, -0.1) is 0 Å². The Labute approximate surface area is 137 Å². The Morgan fingerprint density at radius 3 is 2.42 bits per heavy atom. The van der Waals surface area contributed by atoms with Gasteiger partial charge in [0.2, 0.25) is 6.10 Å². The molecular formula is C17H15FN2O4. The van der Waals surface area contributed by atoms with Crippen molar-refractivity contribution in [3.8, 4) is 0 Å². The van der Waals surface area contributed by atoms with Gasteiger partial charge in [0.25, 0.3) is 11.8 Å². The summed E-state index contributed by atoms with van der Waals surface area (Å²) in [5.41, 5.74) is 5.73. The summed E-state index contributed by atoms with van der Waals surface area (Å²) < 4.78 is 18.1. The molecule has 0 fully saturated rings. The summed E-state index contributed by atoms with van der Waals surface area (Å²) >= 11 is 0. The van der Waals surface area contributed by atoms with Crippen molar-refractivity contribution in [3.05, 3.63) is 71.5 Å². The summed E-state index contributed by atoms with van der Waals surface area (Å²) in [6.07, 6.45) is -1.25. The summed E-state index contributed by atoms with van der Waals surface area (Å²) in [5, 5.41) is 2.29. The second kappa shape index (κ2) is 7.87. The van der Waals surface area contributed by atoms with Gasteiger partial charge in [0, 0.05) is 11.1 Å². The fraction of sp³-hybridized carbons (Fsp3) is 0.118. The number of nitrogens with one attached hydrogen (secondary N) is 1. The van der Waals surface area contributed by atoms with Crippen LogP contribution in [0.4, 0.5) is 4.39 Å². The number of halogens is 1. The molecule has 0 saturated carbocycles. The van der Waals surface area contributed by atoms with Crippen LogP contribution in [0.1, 0.15) is 22.0 Å². The third-order valence-corrected chi connectivity index (χ3v) is 3.09. The minimum Gasteiger partial charge on any atom is -0.446 e. The number of esters is 1. The molecule has 124 valence electrons. The number of primary amides is 1. The first-order chi connectivity index (χ1) is 11.5. The maximum Gasteiger partial charge on any atom is 0.326 e. The Bertz CT molecular complexity index is 749. The van der Waals surface area contributed by atoms with Crippen LogP contribution >= 0.6 is 0 Å². The largest absolute Gasteiger partial charge is 0.446 e. The van der Waals surface area contributed by atoms with Gasteiger partial charge in [-0.25, -0.2) is 4.39 Å². The molecule has 0 aliphatic carbocycles. The van der Waals surface area contributed by atoms with Crippen molar-refractivity contribution in [2.45, 2.75) is 6.10 Å². The molecular weight excluding hydrogens is 315 g/mol. The first-order valence-electron chi connectivity index (χ1n) is 7.05. The van der Waals surface area contributed by atoms with Crippen LogP contribution < -0.4 is 11.1 Å². The topological polar surface area (TPSA) is 98.5 Å². The summed E-state index contributed by atoms with van der Waals surface area (Å²) in [7, 11) is 0. The predicted molar refractivity (Wildman–Crippen MR) is 83.2 cm³/mol. The first-order valence-corrected chi connectivity index (χ1v) is 7.05. The summed E-state index contributed by atoms with van der Waals surface area (Å²) in [4.78, 5) is 35.1. The average molecular weight is 330 g/mol. The lowest BCUT2D eigenvalue weighted by Crippen LogP contribution is -2.33. The van der Waals surface area contributed by atoms with E-state index in [2.05, 4.69) is 5.32 Å². The van der Waals surface area contributed by atoms with E-state index in [1.165, 1.54) is 18.2 Å². The Kier molecular flexibility index (Phi) is 5.62. The number of carbonyl (C=O) groups is 3. The number of hydrogen-bond acceptors (Lipinski definition) is 4. The van der Waals surface area contributed by atoms with Crippen LogP contribution in [0.2, 0.25) is 0 Å². The number of amides is 2. The number of ether oxygens (including phenoxy) is 1. The van der Waals surface area contributed by atoms with Crippen LogP contribution in [0.25, 0.3) is 0 Å². The molecule has 0 aliphatic rings. The molecule has 0 heterocycles. The van der Waals surface area contributed by atoms with Crippen LogP contribution in [-0.2, 0) is 14.3 Å². The molecule has 2 aromatic carbocycles. The molecule has 0 bridgehead atoms. The SMILES string of the molecule is NC(=O)C(OC(=O)CNC(=O)c1cccc(F)c1)c1ccccc1. The second-order valence-electron chi connectivity index (χ2n) is 4.88. The molecule has 0 aliphatic heterocycles. The molecule has 2 amide bonds. The standard InChI is InChI=1S/C17H15FN2O4/c18-13-8-4-7-12(9-13)17(23)20-10-14(21)24-15(16(19)22)11-5-2-1-3-6-11/h1-9,15H,10H2,(H2,19,22)(H,20,23). The average Bonchev–Trinajstić information content (AvgIpc) is 2.58. The number of benzene rings is 2. The van der Waals surface area contributed by atoms with E-state index in [0.29, 0.717) is 5.56 Å². The Morgan fingerprint density at radius 2 is 1.79 bits per heavy atom. The van der Waals surface area contributed by atoms with Gasteiger partial charge in [-0.05, 0) is 18.2 Å². The molecule has 6 nitrogen and oxygen atoms in total. The lowest BCUT2D eigenvalue weighted by molar-refractivity contribution is -0.154. The van der Waals surface area contributed by atoms with Gasteiger partial charge in [0.05, 0.1) is 0 Å². The van der Waals surface area contributed by atoms with Crippen LogP contribution in [0.15, 0.2) is 54.6 Å². The van der Waals surface area contributed by atoms with Gasteiger partial charge in [-0.1, -0.05) is 36.4 Å². The van der Waals surface area contributed by atoms with Crippen LogP contribution in [-0.4, -0.2) is 24.3 Å². The normalized spacial score (nSPS) is 11.4. The first kappa shape index (κ1) is 17.1. The number of nitrogens with two attached hydrogens (primary N) is 1. The molecule has 0 saturated heterocycles. The van der Waals surface area contributed by atoms with E-state index in [9.17, 15) is 18.8 Å². The van der Waals surface area contributed by atoms with Crippen LogP contribution in [0, 0.1) is 5.82 Å². The third-order valence-electron chi connectivity index (χ3n) is 3.09. The zero-order valence-electron chi connectivity index (χ0n) is 12.6. The number of rotatable bonds is 6.